The molecule has 1 aromatic rings. The summed E-state index contributed by atoms with van der Waals surface area (Å²) >= 11 is 0. The molecule has 0 N–H and O–H groups in total. The molecule has 1 spiro atoms. The second-order valence-corrected chi connectivity index (χ2v) is 7.08. The molecule has 6 nitrogen and oxygen atoms in total. The average Bonchev–Trinajstić information content (AvgIpc) is 2.87. The van der Waals surface area contributed by atoms with Crippen molar-refractivity contribution in [1.82, 2.24) is 9.80 Å². The minimum atomic E-state index is -0.421. The van der Waals surface area contributed by atoms with Gasteiger partial charge in [0.1, 0.15) is 0 Å². The van der Waals surface area contributed by atoms with E-state index in [1.807, 2.05) is 4.90 Å². The SMILES string of the molecule is Cc1ccc(C(=O)N2CCCC3(CCN(C)C3)C2)cc1[N+](=O)[O-]. The first kappa shape index (κ1) is 15.9. The van der Waals surface area contributed by atoms with Gasteiger partial charge in [-0.05, 0) is 45.8 Å². The first-order valence-electron chi connectivity index (χ1n) is 8.13. The number of aryl methyl sites for hydroxylation is 1. The molecule has 23 heavy (non-hydrogen) atoms. The molecule has 124 valence electrons. The number of amides is 1. The van der Waals surface area contributed by atoms with E-state index in [2.05, 4.69) is 11.9 Å². The predicted molar refractivity (Wildman–Crippen MR) is 87.5 cm³/mol. The lowest BCUT2D eigenvalue weighted by atomic mass is 9.79. The lowest BCUT2D eigenvalue weighted by Gasteiger charge is -2.40. The number of benzene rings is 1. The number of rotatable bonds is 2. The van der Waals surface area contributed by atoms with Crippen LogP contribution in [0.15, 0.2) is 18.2 Å². The van der Waals surface area contributed by atoms with Crippen LogP contribution in [0.5, 0.6) is 0 Å². The van der Waals surface area contributed by atoms with E-state index in [9.17, 15) is 14.9 Å². The highest BCUT2D eigenvalue weighted by atomic mass is 16.6. The van der Waals surface area contributed by atoms with Crippen LogP contribution in [0.1, 0.15) is 35.2 Å². The molecule has 3 rings (SSSR count). The number of hydrogen-bond acceptors (Lipinski definition) is 4. The van der Waals surface area contributed by atoms with Crippen molar-refractivity contribution in [3.63, 3.8) is 0 Å². The maximum absolute atomic E-state index is 12.8. The Morgan fingerprint density at radius 1 is 1.26 bits per heavy atom. The van der Waals surface area contributed by atoms with Gasteiger partial charge < -0.3 is 9.80 Å². The highest BCUT2D eigenvalue weighted by molar-refractivity contribution is 5.95. The smallest absolute Gasteiger partial charge is 0.273 e. The number of piperidine rings is 1. The molecule has 1 unspecified atom stereocenters. The van der Waals surface area contributed by atoms with Crippen molar-refractivity contribution in [3.8, 4) is 0 Å². The molecule has 0 saturated carbocycles. The number of nitro groups is 1. The summed E-state index contributed by atoms with van der Waals surface area (Å²) in [5.74, 6) is -0.0817. The van der Waals surface area contributed by atoms with Gasteiger partial charge in [0.05, 0.1) is 4.92 Å². The molecule has 2 aliphatic rings. The Morgan fingerprint density at radius 2 is 2.04 bits per heavy atom. The van der Waals surface area contributed by atoms with Gasteiger partial charge in [0.2, 0.25) is 0 Å². The third-order valence-corrected chi connectivity index (χ3v) is 5.23. The van der Waals surface area contributed by atoms with Crippen molar-refractivity contribution < 1.29 is 9.72 Å². The molecule has 1 aromatic carbocycles. The molecule has 2 aliphatic heterocycles. The number of likely N-dealkylation sites (tertiary alicyclic amines) is 2. The second kappa shape index (κ2) is 5.92. The molecular weight excluding hydrogens is 294 g/mol. The Bertz CT molecular complexity index is 642. The Balaban J connectivity index is 1.80. The maximum atomic E-state index is 12.8. The van der Waals surface area contributed by atoms with Crippen LogP contribution in [0, 0.1) is 22.5 Å². The molecule has 0 radical (unpaired) electrons. The lowest BCUT2D eigenvalue weighted by Crippen LogP contribution is -2.47. The Hall–Kier alpha value is -1.95. The predicted octanol–water partition coefficient (Wildman–Crippen LogP) is 2.46. The third-order valence-electron chi connectivity index (χ3n) is 5.23. The largest absolute Gasteiger partial charge is 0.338 e. The van der Waals surface area contributed by atoms with E-state index in [0.717, 1.165) is 45.4 Å². The van der Waals surface area contributed by atoms with Crippen molar-refractivity contribution in [2.24, 2.45) is 5.41 Å². The summed E-state index contributed by atoms with van der Waals surface area (Å²) in [6, 6.07) is 4.78. The zero-order valence-corrected chi connectivity index (χ0v) is 13.7. The Labute approximate surface area is 136 Å². The molecule has 2 fully saturated rings. The van der Waals surface area contributed by atoms with Crippen LogP contribution in [0.2, 0.25) is 0 Å². The van der Waals surface area contributed by atoms with Crippen LogP contribution in [0.3, 0.4) is 0 Å². The Kier molecular flexibility index (Phi) is 4.10. The minimum Gasteiger partial charge on any atom is -0.338 e. The van der Waals surface area contributed by atoms with Crippen LogP contribution in [-0.2, 0) is 0 Å². The van der Waals surface area contributed by atoms with Crippen LogP contribution < -0.4 is 0 Å². The fraction of sp³-hybridized carbons (Fsp3) is 0.588. The number of hydrogen-bond donors (Lipinski definition) is 0. The summed E-state index contributed by atoms with van der Waals surface area (Å²) in [7, 11) is 2.12. The standard InChI is InChI=1S/C17H23N3O3/c1-13-4-5-14(10-15(13)20(22)23)16(21)19-8-3-6-17(12-19)7-9-18(2)11-17/h4-5,10H,3,6-9,11-12H2,1-2H3. The monoisotopic (exact) mass is 317 g/mol. The van der Waals surface area contributed by atoms with Gasteiger partial charge in [0.15, 0.2) is 0 Å². The highest BCUT2D eigenvalue weighted by Gasteiger charge is 2.41. The number of carbonyl (C=O) groups is 1. The van der Waals surface area contributed by atoms with E-state index in [-0.39, 0.29) is 17.0 Å². The third kappa shape index (κ3) is 3.08. The van der Waals surface area contributed by atoms with Gasteiger partial charge in [-0.1, -0.05) is 6.07 Å². The molecule has 0 bridgehead atoms. The van der Waals surface area contributed by atoms with E-state index >= 15 is 0 Å². The summed E-state index contributed by atoms with van der Waals surface area (Å²) in [6.45, 7) is 5.31. The molecular formula is C17H23N3O3. The summed E-state index contributed by atoms with van der Waals surface area (Å²) in [5, 5.41) is 11.1. The lowest BCUT2D eigenvalue weighted by molar-refractivity contribution is -0.385. The summed E-state index contributed by atoms with van der Waals surface area (Å²) in [5.41, 5.74) is 1.23. The van der Waals surface area contributed by atoms with Crippen molar-refractivity contribution in [2.45, 2.75) is 26.2 Å². The zero-order valence-electron chi connectivity index (χ0n) is 13.7. The van der Waals surface area contributed by atoms with Crippen molar-refractivity contribution in [2.75, 3.05) is 33.2 Å². The van der Waals surface area contributed by atoms with E-state index in [4.69, 9.17) is 0 Å². The first-order valence-corrected chi connectivity index (χ1v) is 8.13. The molecule has 2 heterocycles. The molecule has 0 aliphatic carbocycles. The van der Waals surface area contributed by atoms with E-state index in [1.54, 1.807) is 19.1 Å². The normalized spacial score (nSPS) is 25.0. The first-order chi connectivity index (χ1) is 10.9. The van der Waals surface area contributed by atoms with Crippen molar-refractivity contribution in [3.05, 3.63) is 39.4 Å². The second-order valence-electron chi connectivity index (χ2n) is 7.08. The fourth-order valence-corrected chi connectivity index (χ4v) is 3.99. The average molecular weight is 317 g/mol. The quantitative estimate of drug-likeness (QED) is 0.621. The maximum Gasteiger partial charge on any atom is 0.273 e. The summed E-state index contributed by atoms with van der Waals surface area (Å²) in [6.07, 6.45) is 3.30. The van der Waals surface area contributed by atoms with Gasteiger partial charge in [-0.3, -0.25) is 14.9 Å². The van der Waals surface area contributed by atoms with Gasteiger partial charge in [0, 0.05) is 42.2 Å². The van der Waals surface area contributed by atoms with Crippen molar-refractivity contribution >= 4 is 11.6 Å². The zero-order chi connectivity index (χ0) is 16.6. The molecule has 1 atom stereocenters. The van der Waals surface area contributed by atoms with Gasteiger partial charge in [-0.25, -0.2) is 0 Å². The van der Waals surface area contributed by atoms with Crippen molar-refractivity contribution in [1.29, 1.82) is 0 Å². The number of nitrogens with zero attached hydrogens (tertiary/aromatic N) is 3. The van der Waals surface area contributed by atoms with E-state index in [0.29, 0.717) is 11.1 Å². The van der Waals surface area contributed by atoms with Gasteiger partial charge in [0.25, 0.3) is 11.6 Å². The molecule has 0 aromatic heterocycles. The topological polar surface area (TPSA) is 66.7 Å². The fourth-order valence-electron chi connectivity index (χ4n) is 3.99. The van der Waals surface area contributed by atoms with Crippen LogP contribution in [0.25, 0.3) is 0 Å². The van der Waals surface area contributed by atoms with Gasteiger partial charge in [-0.15, -0.1) is 0 Å². The minimum absolute atomic E-state index is 0.0168. The molecule has 2 saturated heterocycles. The van der Waals surface area contributed by atoms with E-state index < -0.39 is 4.92 Å². The Morgan fingerprint density at radius 3 is 2.70 bits per heavy atom. The van der Waals surface area contributed by atoms with Crippen LogP contribution in [0.4, 0.5) is 5.69 Å². The van der Waals surface area contributed by atoms with E-state index in [1.165, 1.54) is 6.07 Å². The van der Waals surface area contributed by atoms with Crippen LogP contribution >= 0.6 is 0 Å². The van der Waals surface area contributed by atoms with Gasteiger partial charge >= 0.3 is 0 Å². The number of nitro benzene ring substituents is 1. The molecule has 6 heteroatoms. The number of carbonyl (C=O) groups excluding carboxylic acids is 1. The van der Waals surface area contributed by atoms with Crippen LogP contribution in [-0.4, -0.2) is 53.9 Å². The van der Waals surface area contributed by atoms with Gasteiger partial charge in [-0.2, -0.15) is 0 Å². The highest BCUT2D eigenvalue weighted by Crippen LogP contribution is 2.38. The summed E-state index contributed by atoms with van der Waals surface area (Å²) in [4.78, 5) is 27.7. The summed E-state index contributed by atoms with van der Waals surface area (Å²) < 4.78 is 0. The molecule has 1 amide bonds.